The Morgan fingerprint density at radius 1 is 1.15 bits per heavy atom. The summed E-state index contributed by atoms with van der Waals surface area (Å²) in [4.78, 5) is 14.4. The average molecular weight is 463 g/mol. The molecule has 4 atom stereocenters. The van der Waals surface area contributed by atoms with Crippen LogP contribution in [0.25, 0.3) is 21.9 Å². The third kappa shape index (κ3) is 3.60. The zero-order valence-corrected chi connectivity index (χ0v) is 18.9. The summed E-state index contributed by atoms with van der Waals surface area (Å²) in [7, 11) is 0. The first-order valence-corrected chi connectivity index (χ1v) is 12.3. The van der Waals surface area contributed by atoms with Gasteiger partial charge in [-0.15, -0.1) is 11.8 Å². The minimum atomic E-state index is -0.852. The number of nitrogen functional groups attached to an aromatic ring is 1. The number of hydrogen-bond donors (Lipinski definition) is 4. The number of benzene rings is 1. The summed E-state index contributed by atoms with van der Waals surface area (Å²) in [5.74, 6) is 2.44. The van der Waals surface area contributed by atoms with Gasteiger partial charge in [0.25, 0.3) is 0 Å². The third-order valence-corrected chi connectivity index (χ3v) is 8.00. The van der Waals surface area contributed by atoms with Crippen LogP contribution >= 0.6 is 11.8 Å². The van der Waals surface area contributed by atoms with Crippen LogP contribution in [-0.4, -0.2) is 54.2 Å². The van der Waals surface area contributed by atoms with Gasteiger partial charge >= 0.3 is 0 Å². The van der Waals surface area contributed by atoms with Gasteiger partial charge in [-0.3, -0.25) is 0 Å². The van der Waals surface area contributed by atoms with Crippen LogP contribution in [0.3, 0.4) is 0 Å². The molecule has 9 heteroatoms. The quantitative estimate of drug-likeness (QED) is 0.365. The molecule has 1 fully saturated rings. The summed E-state index contributed by atoms with van der Waals surface area (Å²) >= 11 is 1.84. The van der Waals surface area contributed by atoms with Crippen molar-refractivity contribution in [1.29, 1.82) is 0 Å². The Balaban J connectivity index is 1.20. The molecule has 1 aliphatic carbocycles. The number of aromatic nitrogens is 4. The molecule has 170 valence electrons. The summed E-state index contributed by atoms with van der Waals surface area (Å²) in [6, 6.07) is 10.2. The molecule has 0 radical (unpaired) electrons. The Hall–Kier alpha value is -2.88. The number of aryl methyl sites for hydroxylation is 1. The van der Waals surface area contributed by atoms with Gasteiger partial charge in [-0.1, -0.05) is 12.1 Å². The molecule has 1 aliphatic heterocycles. The zero-order valence-electron chi connectivity index (χ0n) is 18.1. The van der Waals surface area contributed by atoms with Crippen molar-refractivity contribution in [3.8, 4) is 0 Å². The number of thioether (sulfide) groups is 1. The summed E-state index contributed by atoms with van der Waals surface area (Å²) in [5, 5.41) is 26.9. The maximum Gasteiger partial charge on any atom is 0.145 e. The van der Waals surface area contributed by atoms with Gasteiger partial charge in [0.2, 0.25) is 0 Å². The van der Waals surface area contributed by atoms with Crippen LogP contribution in [0, 0.1) is 5.92 Å². The minimum Gasteiger partial charge on any atom is -0.390 e. The fourth-order valence-corrected chi connectivity index (χ4v) is 6.08. The van der Waals surface area contributed by atoms with Gasteiger partial charge in [-0.25, -0.2) is 15.0 Å². The number of aliphatic hydroxyl groups is 2. The molecule has 0 spiro atoms. The Labute approximate surface area is 195 Å². The number of aliphatic hydroxyl groups excluding tert-OH is 2. The highest BCUT2D eigenvalue weighted by atomic mass is 32.2. The lowest BCUT2D eigenvalue weighted by molar-refractivity contribution is 0.00545. The van der Waals surface area contributed by atoms with Gasteiger partial charge in [-0.2, -0.15) is 0 Å². The molecule has 0 saturated heterocycles. The molecule has 0 unspecified atom stereocenters. The second-order valence-corrected chi connectivity index (χ2v) is 10.1. The number of fused-ring (bicyclic) bond motifs is 3. The number of pyridine rings is 1. The van der Waals surface area contributed by atoms with Crippen LogP contribution in [0.15, 0.2) is 47.8 Å². The van der Waals surface area contributed by atoms with Crippen LogP contribution < -0.4 is 11.1 Å². The van der Waals surface area contributed by atoms with Crippen molar-refractivity contribution in [1.82, 2.24) is 19.5 Å². The highest BCUT2D eigenvalue weighted by molar-refractivity contribution is 7.99. The van der Waals surface area contributed by atoms with Crippen molar-refractivity contribution in [3.63, 3.8) is 0 Å². The van der Waals surface area contributed by atoms with E-state index >= 15 is 0 Å². The van der Waals surface area contributed by atoms with Crippen LogP contribution in [0.5, 0.6) is 0 Å². The molecule has 2 aliphatic rings. The summed E-state index contributed by atoms with van der Waals surface area (Å²) < 4.78 is 1.93. The smallest absolute Gasteiger partial charge is 0.145 e. The predicted molar refractivity (Wildman–Crippen MR) is 130 cm³/mol. The van der Waals surface area contributed by atoms with E-state index in [1.165, 1.54) is 16.8 Å². The van der Waals surface area contributed by atoms with E-state index in [2.05, 4.69) is 39.6 Å². The molecule has 6 rings (SSSR count). The maximum atomic E-state index is 10.8. The SMILES string of the molecule is Nc1ncnc2c1ccn2[C@@H]1C[C@H](CCc2ccc3cc4c(nc3c2)NCCS4)[C@@H](O)[C@H]1O. The zero-order chi connectivity index (χ0) is 22.5. The van der Waals surface area contributed by atoms with E-state index in [4.69, 9.17) is 10.7 Å². The molecule has 3 aromatic heterocycles. The van der Waals surface area contributed by atoms with Crippen LogP contribution in [0.2, 0.25) is 0 Å². The molecular weight excluding hydrogens is 436 g/mol. The van der Waals surface area contributed by atoms with Crippen molar-refractivity contribution in [2.45, 2.75) is 42.4 Å². The maximum absolute atomic E-state index is 10.8. The topological polar surface area (TPSA) is 122 Å². The highest BCUT2D eigenvalue weighted by Gasteiger charge is 2.42. The Morgan fingerprint density at radius 3 is 2.97 bits per heavy atom. The molecule has 1 saturated carbocycles. The Morgan fingerprint density at radius 2 is 2.06 bits per heavy atom. The molecule has 0 amide bonds. The van der Waals surface area contributed by atoms with Crippen LogP contribution in [-0.2, 0) is 6.42 Å². The molecular formula is C24H26N6O2S. The first-order chi connectivity index (χ1) is 16.1. The molecule has 33 heavy (non-hydrogen) atoms. The predicted octanol–water partition coefficient (Wildman–Crippen LogP) is 2.99. The Bertz CT molecular complexity index is 1340. The van der Waals surface area contributed by atoms with E-state index in [9.17, 15) is 10.2 Å². The first kappa shape index (κ1) is 20.7. The number of hydrogen-bond acceptors (Lipinski definition) is 8. The monoisotopic (exact) mass is 462 g/mol. The number of nitrogens with two attached hydrogens (primary N) is 1. The lowest BCUT2D eigenvalue weighted by Gasteiger charge is -2.19. The largest absolute Gasteiger partial charge is 0.390 e. The average Bonchev–Trinajstić information content (AvgIpc) is 3.38. The van der Waals surface area contributed by atoms with E-state index in [1.807, 2.05) is 28.6 Å². The van der Waals surface area contributed by atoms with E-state index in [-0.39, 0.29) is 12.0 Å². The van der Waals surface area contributed by atoms with E-state index in [0.29, 0.717) is 17.9 Å². The van der Waals surface area contributed by atoms with Gasteiger partial charge in [0.15, 0.2) is 0 Å². The van der Waals surface area contributed by atoms with Crippen molar-refractivity contribution in [2.24, 2.45) is 5.92 Å². The fourth-order valence-electron chi connectivity index (χ4n) is 5.19. The van der Waals surface area contributed by atoms with Crippen molar-refractivity contribution in [3.05, 3.63) is 48.4 Å². The fraction of sp³-hybridized carbons (Fsp3) is 0.375. The normalized spacial score (nSPS) is 24.8. The minimum absolute atomic E-state index is 0.00751. The van der Waals surface area contributed by atoms with Crippen molar-refractivity contribution < 1.29 is 10.2 Å². The van der Waals surface area contributed by atoms with Gasteiger partial charge in [-0.05, 0) is 48.9 Å². The summed E-state index contributed by atoms with van der Waals surface area (Å²) in [6.45, 7) is 0.939. The van der Waals surface area contributed by atoms with Gasteiger partial charge in [0, 0.05) is 23.9 Å². The van der Waals surface area contributed by atoms with E-state index < -0.39 is 12.2 Å². The molecule has 1 aromatic carbocycles. The molecule has 4 heterocycles. The summed E-state index contributed by atoms with van der Waals surface area (Å²) in [6.07, 6.45) is 3.96. The molecule has 0 bridgehead atoms. The number of rotatable bonds is 4. The number of anilines is 2. The van der Waals surface area contributed by atoms with Crippen molar-refractivity contribution >= 4 is 45.3 Å². The second-order valence-electron chi connectivity index (χ2n) is 8.94. The lowest BCUT2D eigenvalue weighted by atomic mass is 9.95. The number of nitrogens with one attached hydrogen (secondary N) is 1. The second kappa shape index (κ2) is 8.16. The third-order valence-electron chi connectivity index (χ3n) is 6.97. The van der Waals surface area contributed by atoms with Crippen molar-refractivity contribution in [2.75, 3.05) is 23.3 Å². The number of nitrogens with zero attached hydrogens (tertiary/aromatic N) is 4. The Kier molecular flexibility index (Phi) is 5.12. The van der Waals surface area contributed by atoms with Gasteiger partial charge in [0.05, 0.1) is 27.9 Å². The first-order valence-electron chi connectivity index (χ1n) is 11.3. The lowest BCUT2D eigenvalue weighted by Crippen LogP contribution is -2.29. The van der Waals surface area contributed by atoms with Crippen LogP contribution in [0.1, 0.15) is 24.4 Å². The standard InChI is InChI=1S/C24H26N6O2S/c25-22-16-5-7-30(24(16)28-12-27-22)18-10-15(20(31)21(18)32)4-2-13-1-3-14-11-19-23(26-6-8-33-19)29-17(14)9-13/h1,3,5,7,9,11-12,15,18,20-21,31-32H,2,4,6,8,10H2,(H,26,29)(H2,25,27,28)/t15-,18+,20+,21-/m0/s1. The summed E-state index contributed by atoms with van der Waals surface area (Å²) in [5.41, 5.74) is 8.83. The molecule has 8 nitrogen and oxygen atoms in total. The van der Waals surface area contributed by atoms with Gasteiger partial charge < -0.3 is 25.8 Å². The van der Waals surface area contributed by atoms with Crippen LogP contribution in [0.4, 0.5) is 11.6 Å². The highest BCUT2D eigenvalue weighted by Crippen LogP contribution is 2.40. The molecule has 5 N–H and O–H groups in total. The van der Waals surface area contributed by atoms with Gasteiger partial charge in [0.1, 0.15) is 29.7 Å². The van der Waals surface area contributed by atoms with E-state index in [0.717, 1.165) is 47.2 Å². The molecule has 4 aromatic rings. The van der Waals surface area contributed by atoms with E-state index in [1.54, 1.807) is 0 Å².